The molecule has 23 atom stereocenters. The number of carbonyl (C=O) groups is 1. The summed E-state index contributed by atoms with van der Waals surface area (Å²) in [4.78, 5) is 14.9. The van der Waals surface area contributed by atoms with E-state index in [0.29, 0.717) is 25.7 Å². The highest BCUT2D eigenvalue weighted by atomic mass is 16.7. The van der Waals surface area contributed by atoms with E-state index in [-0.39, 0.29) is 52.6 Å². The summed E-state index contributed by atoms with van der Waals surface area (Å²) in [5.41, 5.74) is -1.23. The molecule has 0 unspecified atom stereocenters. The van der Waals surface area contributed by atoms with Crippen LogP contribution in [0.15, 0.2) is 11.6 Å². The molecular formula is C47H76O18. The van der Waals surface area contributed by atoms with Crippen molar-refractivity contribution in [2.75, 3.05) is 26.4 Å². The van der Waals surface area contributed by atoms with Crippen LogP contribution in [-0.4, -0.2) is 181 Å². The number of aliphatic hydroxyl groups is 11. The molecule has 18 heteroatoms. The molecule has 3 saturated heterocycles. The van der Waals surface area contributed by atoms with Gasteiger partial charge in [-0.25, -0.2) is 0 Å². The van der Waals surface area contributed by atoms with Gasteiger partial charge in [-0.3, -0.25) is 4.79 Å². The summed E-state index contributed by atoms with van der Waals surface area (Å²) in [6.45, 7) is 12.1. The number of fused-ring (bicyclic) bond motifs is 7. The molecule has 0 bridgehead atoms. The van der Waals surface area contributed by atoms with E-state index >= 15 is 0 Å². The number of ether oxygens (including phenoxy) is 6. The van der Waals surface area contributed by atoms with E-state index in [4.69, 9.17) is 28.4 Å². The van der Waals surface area contributed by atoms with Crippen LogP contribution >= 0.6 is 0 Å². The van der Waals surface area contributed by atoms with Crippen molar-refractivity contribution in [1.29, 1.82) is 0 Å². The van der Waals surface area contributed by atoms with Gasteiger partial charge in [0, 0.05) is 5.41 Å². The zero-order valence-electron chi connectivity index (χ0n) is 38.6. The molecule has 4 saturated carbocycles. The van der Waals surface area contributed by atoms with Crippen LogP contribution in [0.1, 0.15) is 106 Å². The lowest BCUT2D eigenvalue weighted by atomic mass is 9.33. The molecule has 5 aliphatic carbocycles. The minimum Gasteiger partial charge on any atom is -0.432 e. The van der Waals surface area contributed by atoms with Crippen LogP contribution < -0.4 is 0 Å². The van der Waals surface area contributed by atoms with Crippen molar-refractivity contribution in [3.8, 4) is 0 Å². The van der Waals surface area contributed by atoms with Crippen molar-refractivity contribution in [3.63, 3.8) is 0 Å². The number of hydrogen-bond acceptors (Lipinski definition) is 18. The van der Waals surface area contributed by atoms with Gasteiger partial charge in [-0.15, -0.1) is 0 Å². The van der Waals surface area contributed by atoms with Crippen LogP contribution in [0.5, 0.6) is 0 Å². The number of hydrogen-bond donors (Lipinski definition) is 11. The first-order chi connectivity index (χ1) is 30.4. The summed E-state index contributed by atoms with van der Waals surface area (Å²) in [5, 5.41) is 116. The predicted molar refractivity (Wildman–Crippen MR) is 226 cm³/mol. The second-order valence-electron chi connectivity index (χ2n) is 22.9. The SMILES string of the molecule is CC1(C)CC[C@@]2(C(=O)O[C@H]3O[C@@H](CO[C@@H]4O[C@H](CO)[C@@H](O)[C@@H](O)[C@@H]4O)[C@H](O)[C@@H](O)[C@@H]3O)CC[C@@]3(C)C(=CC[C@@H]4[C@]5(C)CC[C@H](O[C@@H]6OC[C@@H](O)[C@H](O)[C@@H]6O)[C@@](C)(CO)[C@@H]5CC[C@@]43C)[C@@H]2C1. The van der Waals surface area contributed by atoms with Crippen molar-refractivity contribution in [3.05, 3.63) is 11.6 Å². The normalized spacial score (nSPS) is 54.3. The molecule has 18 nitrogen and oxygen atoms in total. The summed E-state index contributed by atoms with van der Waals surface area (Å²) < 4.78 is 35.2. The molecule has 8 aliphatic rings. The van der Waals surface area contributed by atoms with E-state index in [9.17, 15) is 61.0 Å². The van der Waals surface area contributed by atoms with Crippen LogP contribution in [-0.2, 0) is 33.2 Å². The van der Waals surface area contributed by atoms with Gasteiger partial charge in [0.2, 0.25) is 6.29 Å². The van der Waals surface area contributed by atoms with Crippen molar-refractivity contribution in [1.82, 2.24) is 0 Å². The zero-order chi connectivity index (χ0) is 47.4. The first kappa shape index (κ1) is 50.0. The molecule has 0 aromatic heterocycles. The van der Waals surface area contributed by atoms with Crippen LogP contribution in [0.25, 0.3) is 0 Å². The lowest BCUT2D eigenvalue weighted by Gasteiger charge is -2.71. The van der Waals surface area contributed by atoms with Crippen LogP contribution in [0.4, 0.5) is 0 Å². The van der Waals surface area contributed by atoms with Crippen molar-refractivity contribution in [2.24, 2.45) is 50.2 Å². The van der Waals surface area contributed by atoms with Gasteiger partial charge in [0.25, 0.3) is 0 Å². The summed E-state index contributed by atoms with van der Waals surface area (Å²) in [5.74, 6) is -0.485. The van der Waals surface area contributed by atoms with Gasteiger partial charge >= 0.3 is 5.97 Å². The quantitative estimate of drug-likeness (QED) is 0.0808. The third-order valence-electron chi connectivity index (χ3n) is 19.0. The van der Waals surface area contributed by atoms with Crippen LogP contribution in [0.2, 0.25) is 0 Å². The van der Waals surface area contributed by atoms with Gasteiger partial charge in [-0.05, 0) is 104 Å². The first-order valence-corrected chi connectivity index (χ1v) is 23.9. The second-order valence-corrected chi connectivity index (χ2v) is 22.9. The van der Waals surface area contributed by atoms with E-state index in [1.807, 2.05) is 0 Å². The van der Waals surface area contributed by atoms with Crippen LogP contribution in [0.3, 0.4) is 0 Å². The Labute approximate surface area is 380 Å². The maximum absolute atomic E-state index is 14.9. The molecule has 3 heterocycles. The summed E-state index contributed by atoms with van der Waals surface area (Å²) in [7, 11) is 0. The molecule has 0 spiro atoms. The van der Waals surface area contributed by atoms with Gasteiger partial charge in [0.15, 0.2) is 12.6 Å². The lowest BCUT2D eigenvalue weighted by molar-refractivity contribution is -0.328. The second kappa shape index (κ2) is 17.8. The Morgan fingerprint density at radius 1 is 0.692 bits per heavy atom. The average Bonchev–Trinajstić information content (AvgIpc) is 3.26. The van der Waals surface area contributed by atoms with Gasteiger partial charge in [0.1, 0.15) is 67.1 Å². The molecule has 372 valence electrons. The Balaban J connectivity index is 1.02. The highest BCUT2D eigenvalue weighted by Crippen LogP contribution is 2.76. The first-order valence-electron chi connectivity index (χ1n) is 23.9. The van der Waals surface area contributed by atoms with E-state index in [2.05, 4.69) is 47.6 Å². The van der Waals surface area contributed by atoms with Crippen molar-refractivity contribution in [2.45, 2.75) is 198 Å². The zero-order valence-corrected chi connectivity index (χ0v) is 38.6. The number of allylic oxidation sites excluding steroid dienone is 2. The average molecular weight is 929 g/mol. The van der Waals surface area contributed by atoms with Gasteiger partial charge in [0.05, 0.1) is 37.9 Å². The predicted octanol–water partition coefficient (Wildman–Crippen LogP) is -0.248. The van der Waals surface area contributed by atoms with Crippen LogP contribution in [0, 0.1) is 50.2 Å². The monoisotopic (exact) mass is 929 g/mol. The fourth-order valence-electron chi connectivity index (χ4n) is 14.7. The van der Waals surface area contributed by atoms with Gasteiger partial charge < -0.3 is 84.6 Å². The maximum atomic E-state index is 14.9. The molecule has 7 fully saturated rings. The number of carbonyl (C=O) groups excluding carboxylic acids is 1. The summed E-state index contributed by atoms with van der Waals surface area (Å²) in [6.07, 6.45) is -12.5. The Morgan fingerprint density at radius 2 is 1.32 bits per heavy atom. The molecule has 11 N–H and O–H groups in total. The summed E-state index contributed by atoms with van der Waals surface area (Å²) >= 11 is 0. The smallest absolute Gasteiger partial charge is 0.315 e. The van der Waals surface area contributed by atoms with Crippen molar-refractivity contribution < 1.29 is 89.4 Å². The highest BCUT2D eigenvalue weighted by Gasteiger charge is 2.70. The Hall–Kier alpha value is -1.43. The van der Waals surface area contributed by atoms with E-state index < -0.39 is 122 Å². The topological polar surface area (TPSA) is 295 Å². The molecule has 3 aliphatic heterocycles. The summed E-state index contributed by atoms with van der Waals surface area (Å²) in [6, 6.07) is 0. The largest absolute Gasteiger partial charge is 0.432 e. The lowest BCUT2D eigenvalue weighted by Crippen LogP contribution is -2.67. The number of rotatable bonds is 9. The molecule has 0 aromatic rings. The molecule has 8 rings (SSSR count). The van der Waals surface area contributed by atoms with Gasteiger partial charge in [-0.1, -0.05) is 53.2 Å². The van der Waals surface area contributed by atoms with E-state index in [1.54, 1.807) is 0 Å². The fraction of sp³-hybridized carbons (Fsp3) is 0.936. The van der Waals surface area contributed by atoms with Gasteiger partial charge in [-0.2, -0.15) is 0 Å². The number of aliphatic hydroxyl groups excluding tert-OH is 11. The fourth-order valence-corrected chi connectivity index (χ4v) is 14.7. The molecule has 0 aromatic carbocycles. The third-order valence-corrected chi connectivity index (χ3v) is 19.0. The molecule has 65 heavy (non-hydrogen) atoms. The standard InChI is InChI=1S/C47H76O18/c1-42(2)13-15-47(41(59)65-40-37(58)34(55)32(53)26(63-40)20-61-38-36(57)33(54)31(52)25(18-48)62-38)16-14-45(5)22(23(47)17-42)7-8-28-43(3)11-10-29(64-39-35(56)30(51)24(50)19-60-39)44(4,21-49)27(43)9-12-46(28,45)6/h7,23-40,48-58H,8-21H2,1-6H3/t23-,24+,25+,26-,27+,28+,29-,30-,31+,32-,33+,34+,35-,36-,37-,38+,39-,40+,43+,44-,45-,46-,47+/m0/s1. The Morgan fingerprint density at radius 3 is 2.00 bits per heavy atom. The molecule has 0 amide bonds. The minimum absolute atomic E-state index is 0.0557. The molecule has 0 radical (unpaired) electrons. The highest BCUT2D eigenvalue weighted by molar-refractivity contribution is 5.79. The molecular weight excluding hydrogens is 852 g/mol. The Kier molecular flexibility index (Phi) is 13.7. The maximum Gasteiger partial charge on any atom is 0.315 e. The number of esters is 1. The Bertz CT molecular complexity index is 1760. The minimum atomic E-state index is -1.81. The van der Waals surface area contributed by atoms with Crippen molar-refractivity contribution >= 4 is 5.97 Å². The van der Waals surface area contributed by atoms with E-state index in [1.165, 1.54) is 5.57 Å². The third kappa shape index (κ3) is 7.89. The van der Waals surface area contributed by atoms with E-state index in [0.717, 1.165) is 38.5 Å².